The zero-order valence-electron chi connectivity index (χ0n) is 10.8. The Bertz CT molecular complexity index is 411. The van der Waals surface area contributed by atoms with Crippen LogP contribution in [0.5, 0.6) is 0 Å². The second-order valence-corrected chi connectivity index (χ2v) is 4.90. The molecule has 0 bridgehead atoms. The van der Waals surface area contributed by atoms with Crippen LogP contribution in [0, 0.1) is 0 Å². The predicted octanol–water partition coefficient (Wildman–Crippen LogP) is 4.07. The van der Waals surface area contributed by atoms with Crippen LogP contribution in [-0.2, 0) is 10.9 Å². The summed E-state index contributed by atoms with van der Waals surface area (Å²) in [5.41, 5.74) is -0.417. The molecule has 0 amide bonds. The van der Waals surface area contributed by atoms with Crippen molar-refractivity contribution in [2.45, 2.75) is 44.0 Å². The molecule has 19 heavy (non-hydrogen) atoms. The van der Waals surface area contributed by atoms with Gasteiger partial charge in [-0.15, -0.1) is 0 Å². The summed E-state index contributed by atoms with van der Waals surface area (Å²) in [6.07, 6.45) is -0.608. The van der Waals surface area contributed by atoms with Gasteiger partial charge in [0.05, 0.1) is 11.7 Å². The van der Waals surface area contributed by atoms with Gasteiger partial charge in [0.15, 0.2) is 0 Å². The van der Waals surface area contributed by atoms with Gasteiger partial charge in [-0.3, -0.25) is 0 Å². The maximum Gasteiger partial charge on any atom is 0.418 e. The van der Waals surface area contributed by atoms with Crippen LogP contribution in [-0.4, -0.2) is 19.3 Å². The second kappa shape index (κ2) is 5.82. The molecule has 0 aliphatic heterocycles. The molecule has 1 aromatic rings. The van der Waals surface area contributed by atoms with E-state index < -0.39 is 11.7 Å². The zero-order chi connectivity index (χ0) is 13.9. The number of alkyl halides is 3. The van der Waals surface area contributed by atoms with E-state index in [4.69, 9.17) is 4.74 Å². The summed E-state index contributed by atoms with van der Waals surface area (Å²) >= 11 is 0. The molecule has 2 nitrogen and oxygen atoms in total. The molecule has 0 atom stereocenters. The number of hydrogen-bond donors (Lipinski definition) is 1. The van der Waals surface area contributed by atoms with Gasteiger partial charge in [0.1, 0.15) is 0 Å². The van der Waals surface area contributed by atoms with Gasteiger partial charge in [0.2, 0.25) is 0 Å². The first-order valence-electron chi connectivity index (χ1n) is 6.46. The van der Waals surface area contributed by atoms with E-state index in [0.717, 1.165) is 31.7 Å². The molecule has 0 saturated heterocycles. The molecule has 0 unspecified atom stereocenters. The Labute approximate surface area is 111 Å². The van der Waals surface area contributed by atoms with E-state index in [0.29, 0.717) is 0 Å². The summed E-state index contributed by atoms with van der Waals surface area (Å²) in [6.45, 7) is 0. The van der Waals surface area contributed by atoms with Gasteiger partial charge in [-0.2, -0.15) is 13.2 Å². The van der Waals surface area contributed by atoms with Crippen LogP contribution >= 0.6 is 0 Å². The molecule has 1 aromatic carbocycles. The lowest BCUT2D eigenvalue weighted by molar-refractivity contribution is -0.137. The highest BCUT2D eigenvalue weighted by atomic mass is 19.4. The third-order valence-corrected chi connectivity index (χ3v) is 3.60. The van der Waals surface area contributed by atoms with Crippen LogP contribution < -0.4 is 5.32 Å². The van der Waals surface area contributed by atoms with Gasteiger partial charge < -0.3 is 10.1 Å². The molecule has 1 saturated carbocycles. The van der Waals surface area contributed by atoms with Crippen LogP contribution in [0.15, 0.2) is 24.3 Å². The topological polar surface area (TPSA) is 21.3 Å². The van der Waals surface area contributed by atoms with Crippen molar-refractivity contribution in [2.24, 2.45) is 0 Å². The first-order valence-corrected chi connectivity index (χ1v) is 6.46. The summed E-state index contributed by atoms with van der Waals surface area (Å²) in [6, 6.07) is 5.73. The zero-order valence-corrected chi connectivity index (χ0v) is 10.8. The molecule has 0 radical (unpaired) electrons. The lowest BCUT2D eigenvalue weighted by atomic mass is 9.92. The van der Waals surface area contributed by atoms with Crippen LogP contribution in [0.1, 0.15) is 31.2 Å². The second-order valence-electron chi connectivity index (χ2n) is 4.90. The standard InChI is InChI=1S/C14H18F3NO/c1-19-11-8-6-10(7-9-11)18-13-5-3-2-4-12(13)14(15,16)17/h2-5,10-11,18H,6-9H2,1H3. The van der Waals surface area contributed by atoms with E-state index in [1.807, 2.05) is 0 Å². The first kappa shape index (κ1) is 14.2. The highest BCUT2D eigenvalue weighted by molar-refractivity contribution is 5.53. The maximum absolute atomic E-state index is 12.9. The number of methoxy groups -OCH3 is 1. The molecule has 0 spiro atoms. The average molecular weight is 273 g/mol. The molecule has 106 valence electrons. The maximum atomic E-state index is 12.9. The van der Waals surface area contributed by atoms with Crippen molar-refractivity contribution in [3.8, 4) is 0 Å². The van der Waals surface area contributed by atoms with Crippen LogP contribution in [0.3, 0.4) is 0 Å². The SMILES string of the molecule is COC1CCC(Nc2ccccc2C(F)(F)F)CC1. The van der Waals surface area contributed by atoms with E-state index in [9.17, 15) is 13.2 Å². The highest BCUT2D eigenvalue weighted by Gasteiger charge is 2.33. The number of hydrogen-bond acceptors (Lipinski definition) is 2. The molecule has 0 aromatic heterocycles. The van der Waals surface area contributed by atoms with Crippen molar-refractivity contribution < 1.29 is 17.9 Å². The minimum absolute atomic E-state index is 0.0925. The van der Waals surface area contributed by atoms with Crippen LogP contribution in [0.4, 0.5) is 18.9 Å². The normalized spacial score (nSPS) is 24.2. The lowest BCUT2D eigenvalue weighted by Gasteiger charge is -2.29. The lowest BCUT2D eigenvalue weighted by Crippen LogP contribution is -2.30. The minimum atomic E-state index is -4.31. The largest absolute Gasteiger partial charge is 0.418 e. The number of ether oxygens (including phenoxy) is 1. The summed E-state index contributed by atoms with van der Waals surface area (Å²) in [5, 5.41) is 3.03. The number of rotatable bonds is 3. The van der Waals surface area contributed by atoms with E-state index >= 15 is 0 Å². The van der Waals surface area contributed by atoms with E-state index in [1.54, 1.807) is 13.2 Å². The molecule has 1 aliphatic carbocycles. The molecule has 1 aliphatic rings. The first-order chi connectivity index (χ1) is 9.00. The van der Waals surface area contributed by atoms with Crippen molar-refractivity contribution in [1.29, 1.82) is 0 Å². The molecule has 1 N–H and O–H groups in total. The van der Waals surface area contributed by atoms with Crippen molar-refractivity contribution in [2.75, 3.05) is 12.4 Å². The Hall–Kier alpha value is -1.23. The Kier molecular flexibility index (Phi) is 4.34. The number of halogens is 3. The van der Waals surface area contributed by atoms with Crippen molar-refractivity contribution in [3.05, 3.63) is 29.8 Å². The Morgan fingerprint density at radius 1 is 1.11 bits per heavy atom. The van der Waals surface area contributed by atoms with Gasteiger partial charge in [-0.05, 0) is 37.8 Å². The van der Waals surface area contributed by atoms with Crippen molar-refractivity contribution >= 4 is 5.69 Å². The van der Waals surface area contributed by atoms with Gasteiger partial charge >= 0.3 is 6.18 Å². The molecule has 2 rings (SSSR count). The molecule has 5 heteroatoms. The van der Waals surface area contributed by atoms with Gasteiger partial charge in [0.25, 0.3) is 0 Å². The summed E-state index contributed by atoms with van der Waals surface area (Å²) in [5.74, 6) is 0. The Morgan fingerprint density at radius 2 is 1.74 bits per heavy atom. The third-order valence-electron chi connectivity index (χ3n) is 3.60. The Morgan fingerprint density at radius 3 is 2.32 bits per heavy atom. The highest BCUT2D eigenvalue weighted by Crippen LogP contribution is 2.35. The summed E-state index contributed by atoms with van der Waals surface area (Å²) in [7, 11) is 1.68. The van der Waals surface area contributed by atoms with Gasteiger partial charge in [0, 0.05) is 18.8 Å². The summed E-state index contributed by atoms with van der Waals surface area (Å²) < 4.78 is 43.8. The van der Waals surface area contributed by atoms with Crippen molar-refractivity contribution in [3.63, 3.8) is 0 Å². The quantitative estimate of drug-likeness (QED) is 0.896. The smallest absolute Gasteiger partial charge is 0.382 e. The minimum Gasteiger partial charge on any atom is -0.382 e. The van der Waals surface area contributed by atoms with E-state index in [1.165, 1.54) is 12.1 Å². The number of anilines is 1. The van der Waals surface area contributed by atoms with Crippen molar-refractivity contribution in [1.82, 2.24) is 0 Å². The number of nitrogens with one attached hydrogen (secondary N) is 1. The molecular formula is C14H18F3NO. The monoisotopic (exact) mass is 273 g/mol. The molecule has 1 fully saturated rings. The van der Waals surface area contributed by atoms with E-state index in [-0.39, 0.29) is 17.8 Å². The fourth-order valence-electron chi connectivity index (χ4n) is 2.52. The van der Waals surface area contributed by atoms with Gasteiger partial charge in [-0.1, -0.05) is 12.1 Å². The predicted molar refractivity (Wildman–Crippen MR) is 68.1 cm³/mol. The number of para-hydroxylation sites is 1. The average Bonchev–Trinajstić information content (AvgIpc) is 2.39. The van der Waals surface area contributed by atoms with Crippen LogP contribution in [0.25, 0.3) is 0 Å². The fraction of sp³-hybridized carbons (Fsp3) is 0.571. The fourth-order valence-corrected chi connectivity index (χ4v) is 2.52. The number of benzene rings is 1. The molecule has 0 heterocycles. The van der Waals surface area contributed by atoms with Gasteiger partial charge in [-0.25, -0.2) is 0 Å². The Balaban J connectivity index is 2.04. The van der Waals surface area contributed by atoms with Crippen LogP contribution in [0.2, 0.25) is 0 Å². The summed E-state index contributed by atoms with van der Waals surface area (Å²) in [4.78, 5) is 0. The van der Waals surface area contributed by atoms with E-state index in [2.05, 4.69) is 5.32 Å². The third kappa shape index (κ3) is 3.62. The molecular weight excluding hydrogens is 255 g/mol.